The predicted molar refractivity (Wildman–Crippen MR) is 52.0 cm³/mol. The van der Waals surface area contributed by atoms with E-state index in [1.165, 1.54) is 0 Å². The van der Waals surface area contributed by atoms with Crippen molar-refractivity contribution in [3.63, 3.8) is 0 Å². The number of hydrogen-bond donors (Lipinski definition) is 2. The van der Waals surface area contributed by atoms with Gasteiger partial charge in [-0.1, -0.05) is 0 Å². The Morgan fingerprint density at radius 3 is 2.50 bits per heavy atom. The Morgan fingerprint density at radius 2 is 1.93 bits per heavy atom. The van der Waals surface area contributed by atoms with Gasteiger partial charge < -0.3 is 14.9 Å². The lowest BCUT2D eigenvalue weighted by Gasteiger charge is -2.30. The Hall–Kier alpha value is -0.160. The summed E-state index contributed by atoms with van der Waals surface area (Å²) < 4.78 is 5.30. The smallest absolute Gasteiger partial charge is 0.0729 e. The van der Waals surface area contributed by atoms with Crippen LogP contribution in [0.25, 0.3) is 0 Å². The first-order chi connectivity index (χ1) is 6.81. The van der Waals surface area contributed by atoms with Crippen LogP contribution < -0.4 is 0 Å². The summed E-state index contributed by atoms with van der Waals surface area (Å²) in [6, 6.07) is 0.551. The molecule has 2 unspecified atom stereocenters. The summed E-state index contributed by atoms with van der Waals surface area (Å²) >= 11 is 0. The topological polar surface area (TPSA) is 52.9 Å². The second-order valence-electron chi connectivity index (χ2n) is 4.31. The summed E-state index contributed by atoms with van der Waals surface area (Å²) in [5.41, 5.74) is 0. The van der Waals surface area contributed by atoms with E-state index >= 15 is 0 Å². The fourth-order valence-corrected chi connectivity index (χ4v) is 2.41. The van der Waals surface area contributed by atoms with E-state index in [2.05, 4.69) is 4.90 Å². The number of nitrogens with zero attached hydrogens (tertiary/aromatic N) is 1. The SMILES string of the molecule is OCC1CN(C2CCOCC2)CC1O. The van der Waals surface area contributed by atoms with Crippen LogP contribution in [0, 0.1) is 5.92 Å². The molecule has 4 heteroatoms. The number of likely N-dealkylation sites (tertiary alicyclic amines) is 1. The van der Waals surface area contributed by atoms with Gasteiger partial charge in [0.05, 0.1) is 6.10 Å². The summed E-state index contributed by atoms with van der Waals surface area (Å²) in [4.78, 5) is 2.30. The number of β-amino-alcohol motifs (C(OH)–C–C–N with tert-alkyl or cyclic N) is 1. The van der Waals surface area contributed by atoms with Crippen LogP contribution >= 0.6 is 0 Å². The third-order valence-corrected chi connectivity index (χ3v) is 3.38. The van der Waals surface area contributed by atoms with E-state index in [-0.39, 0.29) is 18.6 Å². The van der Waals surface area contributed by atoms with Gasteiger partial charge >= 0.3 is 0 Å². The van der Waals surface area contributed by atoms with Crippen LogP contribution in [0.5, 0.6) is 0 Å². The number of ether oxygens (including phenoxy) is 1. The summed E-state index contributed by atoms with van der Waals surface area (Å²) in [5.74, 6) is 0.0536. The van der Waals surface area contributed by atoms with Gasteiger partial charge in [0, 0.05) is 44.9 Å². The maximum Gasteiger partial charge on any atom is 0.0729 e. The van der Waals surface area contributed by atoms with E-state index in [9.17, 15) is 5.11 Å². The number of aliphatic hydroxyl groups is 2. The Morgan fingerprint density at radius 1 is 1.21 bits per heavy atom. The van der Waals surface area contributed by atoms with Gasteiger partial charge in [-0.2, -0.15) is 0 Å². The average Bonchev–Trinajstić information content (AvgIpc) is 2.61. The minimum Gasteiger partial charge on any atom is -0.396 e. The molecule has 2 rings (SSSR count). The summed E-state index contributed by atoms with van der Waals surface area (Å²) in [5, 5.41) is 18.7. The Kier molecular flexibility index (Phi) is 3.38. The molecule has 0 aromatic heterocycles. The van der Waals surface area contributed by atoms with E-state index in [1.807, 2.05) is 0 Å². The van der Waals surface area contributed by atoms with Crippen molar-refractivity contribution >= 4 is 0 Å². The monoisotopic (exact) mass is 201 g/mol. The number of aliphatic hydroxyl groups excluding tert-OH is 2. The molecule has 82 valence electrons. The Labute approximate surface area is 84.5 Å². The Balaban J connectivity index is 1.86. The zero-order valence-corrected chi connectivity index (χ0v) is 8.43. The first kappa shape index (κ1) is 10.4. The fraction of sp³-hybridized carbons (Fsp3) is 1.00. The van der Waals surface area contributed by atoms with Gasteiger partial charge in [-0.15, -0.1) is 0 Å². The summed E-state index contributed by atoms with van der Waals surface area (Å²) in [6.45, 7) is 3.32. The van der Waals surface area contributed by atoms with E-state index in [1.54, 1.807) is 0 Å². The van der Waals surface area contributed by atoms with Gasteiger partial charge in [0.1, 0.15) is 0 Å². The lowest BCUT2D eigenvalue weighted by atomic mass is 10.1. The molecule has 2 fully saturated rings. The molecule has 0 saturated carbocycles. The van der Waals surface area contributed by atoms with E-state index < -0.39 is 0 Å². The zero-order chi connectivity index (χ0) is 9.97. The van der Waals surface area contributed by atoms with Gasteiger partial charge in [0.2, 0.25) is 0 Å². The zero-order valence-electron chi connectivity index (χ0n) is 8.43. The lowest BCUT2D eigenvalue weighted by molar-refractivity contribution is 0.0376. The molecule has 14 heavy (non-hydrogen) atoms. The summed E-state index contributed by atoms with van der Waals surface area (Å²) in [7, 11) is 0. The minimum absolute atomic E-state index is 0.0536. The van der Waals surface area contributed by atoms with Crippen LogP contribution in [0.15, 0.2) is 0 Å². The third-order valence-electron chi connectivity index (χ3n) is 3.38. The highest BCUT2D eigenvalue weighted by Crippen LogP contribution is 2.23. The van der Waals surface area contributed by atoms with Crippen molar-refractivity contribution in [2.24, 2.45) is 5.92 Å². The molecular weight excluding hydrogens is 182 g/mol. The highest BCUT2D eigenvalue weighted by molar-refractivity contribution is 4.87. The molecular formula is C10H19NO3. The van der Waals surface area contributed by atoms with Crippen molar-refractivity contribution in [1.29, 1.82) is 0 Å². The van der Waals surface area contributed by atoms with Crippen LogP contribution in [-0.4, -0.2) is 60.2 Å². The molecule has 2 aliphatic rings. The van der Waals surface area contributed by atoms with Gasteiger partial charge in [-0.3, -0.25) is 4.90 Å². The highest BCUT2D eigenvalue weighted by atomic mass is 16.5. The molecule has 4 nitrogen and oxygen atoms in total. The average molecular weight is 201 g/mol. The van der Waals surface area contributed by atoms with Crippen LogP contribution in [0.3, 0.4) is 0 Å². The van der Waals surface area contributed by atoms with Crippen molar-refractivity contribution in [2.45, 2.75) is 25.0 Å². The molecule has 0 aliphatic carbocycles. The molecule has 2 heterocycles. The first-order valence-corrected chi connectivity index (χ1v) is 5.42. The van der Waals surface area contributed by atoms with Crippen LogP contribution in [0.1, 0.15) is 12.8 Å². The second kappa shape index (κ2) is 4.57. The van der Waals surface area contributed by atoms with Gasteiger partial charge in [0.15, 0.2) is 0 Å². The molecule has 2 N–H and O–H groups in total. The van der Waals surface area contributed by atoms with Gasteiger partial charge in [-0.25, -0.2) is 0 Å². The molecule has 2 aliphatic heterocycles. The third kappa shape index (κ3) is 2.08. The molecule has 0 aromatic rings. The standard InChI is InChI=1S/C10H19NO3/c12-7-8-5-11(6-10(8)13)9-1-3-14-4-2-9/h8-10,12-13H,1-7H2. The molecule has 0 aromatic carbocycles. The molecule has 0 radical (unpaired) electrons. The van der Waals surface area contributed by atoms with Crippen molar-refractivity contribution in [2.75, 3.05) is 32.9 Å². The molecule has 2 saturated heterocycles. The van der Waals surface area contributed by atoms with E-state index in [0.717, 1.165) is 39.1 Å². The van der Waals surface area contributed by atoms with Crippen molar-refractivity contribution < 1.29 is 14.9 Å². The number of rotatable bonds is 2. The first-order valence-electron chi connectivity index (χ1n) is 5.42. The normalized spacial score (nSPS) is 36.4. The van der Waals surface area contributed by atoms with Crippen LogP contribution in [0.2, 0.25) is 0 Å². The summed E-state index contributed by atoms with van der Waals surface area (Å²) in [6.07, 6.45) is 1.78. The second-order valence-corrected chi connectivity index (χ2v) is 4.31. The minimum atomic E-state index is -0.345. The van der Waals surface area contributed by atoms with Gasteiger partial charge in [0.25, 0.3) is 0 Å². The lowest BCUT2D eigenvalue weighted by Crippen LogP contribution is -2.38. The van der Waals surface area contributed by atoms with Crippen LogP contribution in [0.4, 0.5) is 0 Å². The van der Waals surface area contributed by atoms with E-state index in [0.29, 0.717) is 6.04 Å². The predicted octanol–water partition coefficient (Wildman–Crippen LogP) is -0.550. The fourth-order valence-electron chi connectivity index (χ4n) is 2.41. The van der Waals surface area contributed by atoms with Gasteiger partial charge in [-0.05, 0) is 12.8 Å². The van der Waals surface area contributed by atoms with Crippen molar-refractivity contribution in [3.8, 4) is 0 Å². The van der Waals surface area contributed by atoms with Crippen LogP contribution in [-0.2, 0) is 4.74 Å². The number of hydrogen-bond acceptors (Lipinski definition) is 4. The largest absolute Gasteiger partial charge is 0.396 e. The highest BCUT2D eigenvalue weighted by Gasteiger charge is 2.34. The quantitative estimate of drug-likeness (QED) is 0.629. The molecule has 2 atom stereocenters. The van der Waals surface area contributed by atoms with Crippen molar-refractivity contribution in [3.05, 3.63) is 0 Å². The molecule has 0 bridgehead atoms. The molecule has 0 spiro atoms. The maximum atomic E-state index is 9.66. The van der Waals surface area contributed by atoms with E-state index in [4.69, 9.17) is 9.84 Å². The maximum absolute atomic E-state index is 9.66. The Bertz CT molecular complexity index is 182. The molecule has 0 amide bonds. The van der Waals surface area contributed by atoms with Crippen molar-refractivity contribution in [1.82, 2.24) is 4.90 Å².